The molecule has 124 valence electrons. The van der Waals surface area contributed by atoms with Gasteiger partial charge in [0.05, 0.1) is 5.56 Å². The number of hydrogen-bond acceptors (Lipinski definition) is 4. The van der Waals surface area contributed by atoms with Crippen molar-refractivity contribution in [2.45, 2.75) is 12.6 Å². The molecule has 1 saturated heterocycles. The standard InChI is InChI=1S/C13H16F3N3O2.ClH/c14-13(15,16)9-21-11-3-2-10(8-18-11)12(20)19-6-1-4-17-5-7-19;/h2-3,8,17H,1,4-7,9H2;1H. The summed E-state index contributed by atoms with van der Waals surface area (Å²) in [5.74, 6) is -0.324. The Kier molecular flexibility index (Phi) is 6.89. The Labute approximate surface area is 132 Å². The highest BCUT2D eigenvalue weighted by molar-refractivity contribution is 5.94. The number of pyridine rings is 1. The van der Waals surface area contributed by atoms with E-state index in [0.29, 0.717) is 18.7 Å². The number of nitrogens with one attached hydrogen (secondary N) is 1. The van der Waals surface area contributed by atoms with Crippen molar-refractivity contribution in [3.8, 4) is 5.88 Å². The number of ether oxygens (including phenoxy) is 1. The average molecular weight is 340 g/mol. The predicted octanol–water partition coefficient (Wildman–Crippen LogP) is 1.88. The zero-order chi connectivity index (χ0) is 15.3. The first kappa shape index (κ1) is 18.5. The lowest BCUT2D eigenvalue weighted by Crippen LogP contribution is -2.34. The van der Waals surface area contributed by atoms with E-state index in [-0.39, 0.29) is 24.2 Å². The fourth-order valence-electron chi connectivity index (χ4n) is 1.98. The van der Waals surface area contributed by atoms with Crippen molar-refractivity contribution in [2.24, 2.45) is 0 Å². The molecule has 1 aromatic rings. The highest BCUT2D eigenvalue weighted by Gasteiger charge is 2.28. The van der Waals surface area contributed by atoms with Crippen LogP contribution in [0.5, 0.6) is 5.88 Å². The number of nitrogens with zero attached hydrogens (tertiary/aromatic N) is 2. The Morgan fingerprint density at radius 2 is 2.09 bits per heavy atom. The van der Waals surface area contributed by atoms with E-state index < -0.39 is 12.8 Å². The van der Waals surface area contributed by atoms with Gasteiger partial charge in [0.1, 0.15) is 0 Å². The zero-order valence-corrected chi connectivity index (χ0v) is 12.5. The van der Waals surface area contributed by atoms with Crippen molar-refractivity contribution in [1.82, 2.24) is 15.2 Å². The molecule has 1 aliphatic heterocycles. The quantitative estimate of drug-likeness (QED) is 0.913. The molecular weight excluding hydrogens is 323 g/mol. The van der Waals surface area contributed by atoms with Gasteiger partial charge in [0.2, 0.25) is 5.88 Å². The van der Waals surface area contributed by atoms with Gasteiger partial charge in [-0.3, -0.25) is 4.79 Å². The van der Waals surface area contributed by atoms with Crippen molar-refractivity contribution >= 4 is 18.3 Å². The second-order valence-corrected chi connectivity index (χ2v) is 4.68. The van der Waals surface area contributed by atoms with Gasteiger partial charge < -0.3 is 15.0 Å². The highest BCUT2D eigenvalue weighted by Crippen LogP contribution is 2.17. The molecule has 0 bridgehead atoms. The third kappa shape index (κ3) is 5.69. The van der Waals surface area contributed by atoms with E-state index in [9.17, 15) is 18.0 Å². The summed E-state index contributed by atoms with van der Waals surface area (Å²) in [6, 6.07) is 2.70. The van der Waals surface area contributed by atoms with Crippen LogP contribution in [0, 0.1) is 0 Å². The Bertz CT molecular complexity index is 474. The lowest BCUT2D eigenvalue weighted by atomic mass is 10.2. The number of alkyl halides is 3. The molecule has 0 atom stereocenters. The molecule has 22 heavy (non-hydrogen) atoms. The van der Waals surface area contributed by atoms with Crippen molar-refractivity contribution < 1.29 is 22.7 Å². The number of carbonyl (C=O) groups is 1. The van der Waals surface area contributed by atoms with Crippen LogP contribution in [0.15, 0.2) is 18.3 Å². The van der Waals surface area contributed by atoms with Crippen LogP contribution >= 0.6 is 12.4 Å². The number of carbonyl (C=O) groups excluding carboxylic acids is 1. The minimum Gasteiger partial charge on any atom is -0.468 e. The Morgan fingerprint density at radius 3 is 2.73 bits per heavy atom. The summed E-state index contributed by atoms with van der Waals surface area (Å²) in [6.07, 6.45) is -2.30. The van der Waals surface area contributed by atoms with E-state index in [1.54, 1.807) is 4.90 Å². The minimum atomic E-state index is -4.41. The molecule has 0 aromatic carbocycles. The Balaban J connectivity index is 0.00000242. The van der Waals surface area contributed by atoms with Gasteiger partial charge in [-0.05, 0) is 19.0 Å². The molecule has 1 aliphatic rings. The van der Waals surface area contributed by atoms with E-state index in [1.165, 1.54) is 18.3 Å². The predicted molar refractivity (Wildman–Crippen MR) is 76.4 cm³/mol. The molecule has 1 fully saturated rings. The highest BCUT2D eigenvalue weighted by atomic mass is 35.5. The summed E-state index contributed by atoms with van der Waals surface area (Å²) in [4.78, 5) is 17.7. The number of rotatable bonds is 3. The third-order valence-corrected chi connectivity index (χ3v) is 2.99. The van der Waals surface area contributed by atoms with Crippen LogP contribution in [0.4, 0.5) is 13.2 Å². The molecule has 9 heteroatoms. The van der Waals surface area contributed by atoms with Crippen LogP contribution in [-0.2, 0) is 0 Å². The Hall–Kier alpha value is -1.54. The second kappa shape index (κ2) is 8.19. The van der Waals surface area contributed by atoms with E-state index in [2.05, 4.69) is 15.0 Å². The fraction of sp³-hybridized carbons (Fsp3) is 0.538. The molecule has 0 unspecified atom stereocenters. The zero-order valence-electron chi connectivity index (χ0n) is 11.7. The van der Waals surface area contributed by atoms with Crippen molar-refractivity contribution in [3.63, 3.8) is 0 Å². The number of aromatic nitrogens is 1. The molecule has 0 radical (unpaired) electrons. The van der Waals surface area contributed by atoms with Gasteiger partial charge >= 0.3 is 6.18 Å². The largest absolute Gasteiger partial charge is 0.468 e. The summed E-state index contributed by atoms with van der Waals surface area (Å²) in [7, 11) is 0. The van der Waals surface area contributed by atoms with Gasteiger partial charge in [-0.25, -0.2) is 4.98 Å². The van der Waals surface area contributed by atoms with Crippen LogP contribution in [0.1, 0.15) is 16.8 Å². The summed E-state index contributed by atoms with van der Waals surface area (Å²) in [6.45, 7) is 1.45. The first-order valence-electron chi connectivity index (χ1n) is 6.61. The number of amides is 1. The Morgan fingerprint density at radius 1 is 1.32 bits per heavy atom. The van der Waals surface area contributed by atoms with E-state index in [4.69, 9.17) is 0 Å². The summed E-state index contributed by atoms with van der Waals surface area (Å²) >= 11 is 0. The van der Waals surface area contributed by atoms with Gasteiger partial charge in [-0.2, -0.15) is 13.2 Å². The van der Waals surface area contributed by atoms with Crippen LogP contribution in [0.2, 0.25) is 0 Å². The fourth-order valence-corrected chi connectivity index (χ4v) is 1.98. The number of hydrogen-bond donors (Lipinski definition) is 1. The van der Waals surface area contributed by atoms with E-state index in [1.807, 2.05) is 0 Å². The molecule has 2 rings (SSSR count). The molecule has 1 amide bonds. The van der Waals surface area contributed by atoms with Crippen molar-refractivity contribution in [2.75, 3.05) is 32.8 Å². The molecule has 1 N–H and O–H groups in total. The average Bonchev–Trinajstić information content (AvgIpc) is 2.73. The second-order valence-electron chi connectivity index (χ2n) is 4.68. The smallest absolute Gasteiger partial charge is 0.422 e. The van der Waals surface area contributed by atoms with E-state index >= 15 is 0 Å². The maximum absolute atomic E-state index is 12.2. The molecule has 5 nitrogen and oxygen atoms in total. The lowest BCUT2D eigenvalue weighted by molar-refractivity contribution is -0.154. The van der Waals surface area contributed by atoms with Crippen LogP contribution in [0.3, 0.4) is 0 Å². The van der Waals surface area contributed by atoms with Crippen LogP contribution < -0.4 is 10.1 Å². The van der Waals surface area contributed by atoms with Gasteiger partial charge in [0, 0.05) is 31.9 Å². The van der Waals surface area contributed by atoms with Gasteiger partial charge in [0.25, 0.3) is 5.91 Å². The molecule has 0 spiro atoms. The lowest BCUT2D eigenvalue weighted by Gasteiger charge is -2.19. The van der Waals surface area contributed by atoms with Crippen molar-refractivity contribution in [1.29, 1.82) is 0 Å². The monoisotopic (exact) mass is 339 g/mol. The SMILES string of the molecule is Cl.O=C(c1ccc(OCC(F)(F)F)nc1)N1CCCNCC1. The van der Waals surface area contributed by atoms with Crippen molar-refractivity contribution in [3.05, 3.63) is 23.9 Å². The van der Waals surface area contributed by atoms with Gasteiger partial charge in [-0.15, -0.1) is 12.4 Å². The van der Waals surface area contributed by atoms with Crippen LogP contribution in [-0.4, -0.2) is 54.8 Å². The minimum absolute atomic E-state index is 0. The molecular formula is C13H17ClF3N3O2. The van der Waals surface area contributed by atoms with Gasteiger partial charge in [-0.1, -0.05) is 0 Å². The summed E-state index contributed by atoms with van der Waals surface area (Å²) in [5, 5.41) is 3.19. The number of halogens is 4. The normalized spacial score (nSPS) is 15.7. The molecule has 2 heterocycles. The molecule has 0 saturated carbocycles. The summed E-state index contributed by atoms with van der Waals surface area (Å²) in [5.41, 5.74) is 0.344. The van der Waals surface area contributed by atoms with Gasteiger partial charge in [0.15, 0.2) is 6.61 Å². The van der Waals surface area contributed by atoms with E-state index in [0.717, 1.165) is 19.5 Å². The first-order valence-corrected chi connectivity index (χ1v) is 6.61. The van der Waals surface area contributed by atoms with Crippen LogP contribution in [0.25, 0.3) is 0 Å². The maximum atomic E-state index is 12.2. The first-order chi connectivity index (χ1) is 9.96. The molecule has 0 aliphatic carbocycles. The topological polar surface area (TPSA) is 54.5 Å². The maximum Gasteiger partial charge on any atom is 0.422 e. The summed E-state index contributed by atoms with van der Waals surface area (Å²) < 4.78 is 40.5. The third-order valence-electron chi connectivity index (χ3n) is 2.99. The molecule has 1 aromatic heterocycles.